The Bertz CT molecular complexity index is 465. The lowest BCUT2D eigenvalue weighted by Gasteiger charge is -2.40. The molecule has 1 aromatic heterocycles. The molecule has 0 radical (unpaired) electrons. The maximum atomic E-state index is 11.8. The zero-order valence-electron chi connectivity index (χ0n) is 14.1. The second-order valence-corrected chi connectivity index (χ2v) is 5.66. The number of hydrogen-bond acceptors (Lipinski definition) is 4. The highest BCUT2D eigenvalue weighted by Crippen LogP contribution is 2.21. The average molecular weight is 307 g/mol. The van der Waals surface area contributed by atoms with Crippen molar-refractivity contribution in [1.82, 2.24) is 24.9 Å². The standard InChI is InChI=1S/C14H23N5O.C2H6/c1-15-10-14(20)17-6-3-12(4-7-17)18-8-9-19-13(11-18)2-5-16-19;1-2/h2,5,12,15H,3-4,6-11H2,1H3;1-2H3. The van der Waals surface area contributed by atoms with Crippen molar-refractivity contribution >= 4 is 5.91 Å². The van der Waals surface area contributed by atoms with Gasteiger partial charge in [0.05, 0.1) is 18.8 Å². The van der Waals surface area contributed by atoms with Gasteiger partial charge in [0.2, 0.25) is 5.91 Å². The summed E-state index contributed by atoms with van der Waals surface area (Å²) in [7, 11) is 1.82. The van der Waals surface area contributed by atoms with Crippen molar-refractivity contribution in [3.8, 4) is 0 Å². The van der Waals surface area contributed by atoms with Crippen LogP contribution in [0.2, 0.25) is 0 Å². The minimum Gasteiger partial charge on any atom is -0.341 e. The number of likely N-dealkylation sites (tertiary alicyclic amines) is 1. The molecule has 3 heterocycles. The Kier molecular flexibility index (Phi) is 6.39. The van der Waals surface area contributed by atoms with Crippen LogP contribution in [-0.2, 0) is 17.9 Å². The van der Waals surface area contributed by atoms with Crippen molar-refractivity contribution in [2.24, 2.45) is 0 Å². The van der Waals surface area contributed by atoms with E-state index in [9.17, 15) is 4.79 Å². The zero-order chi connectivity index (χ0) is 15.9. The monoisotopic (exact) mass is 307 g/mol. The van der Waals surface area contributed by atoms with E-state index in [1.807, 2.05) is 32.0 Å². The number of hydrogen-bond donors (Lipinski definition) is 1. The molecule has 1 N–H and O–H groups in total. The van der Waals surface area contributed by atoms with Gasteiger partial charge in [0.1, 0.15) is 0 Å². The van der Waals surface area contributed by atoms with Gasteiger partial charge in [-0.3, -0.25) is 14.4 Å². The van der Waals surface area contributed by atoms with Gasteiger partial charge in [0.25, 0.3) is 0 Å². The molecular formula is C16H29N5O. The first-order valence-corrected chi connectivity index (χ1v) is 8.45. The third-order valence-corrected chi connectivity index (χ3v) is 4.43. The van der Waals surface area contributed by atoms with Crippen LogP contribution in [0.15, 0.2) is 12.3 Å². The molecule has 0 saturated carbocycles. The van der Waals surface area contributed by atoms with Gasteiger partial charge in [0, 0.05) is 38.4 Å². The molecule has 0 unspecified atom stereocenters. The number of aromatic nitrogens is 2. The maximum Gasteiger partial charge on any atom is 0.236 e. The summed E-state index contributed by atoms with van der Waals surface area (Å²) in [6, 6.07) is 2.72. The van der Waals surface area contributed by atoms with E-state index in [1.165, 1.54) is 5.69 Å². The first-order valence-electron chi connectivity index (χ1n) is 8.45. The maximum absolute atomic E-state index is 11.8. The smallest absolute Gasteiger partial charge is 0.236 e. The lowest BCUT2D eigenvalue weighted by Crippen LogP contribution is -2.50. The molecule has 1 amide bonds. The van der Waals surface area contributed by atoms with E-state index in [2.05, 4.69) is 26.1 Å². The fraction of sp³-hybridized carbons (Fsp3) is 0.750. The molecule has 1 saturated heterocycles. The third kappa shape index (κ3) is 3.87. The Morgan fingerprint density at radius 2 is 2.00 bits per heavy atom. The number of piperidine rings is 1. The summed E-state index contributed by atoms with van der Waals surface area (Å²) in [6.45, 7) is 9.29. The van der Waals surface area contributed by atoms with E-state index < -0.39 is 0 Å². The van der Waals surface area contributed by atoms with Crippen LogP contribution in [0.3, 0.4) is 0 Å². The molecule has 22 heavy (non-hydrogen) atoms. The van der Waals surface area contributed by atoms with Crippen LogP contribution in [0.25, 0.3) is 0 Å². The molecule has 0 atom stereocenters. The predicted octanol–water partition coefficient (Wildman–Crippen LogP) is 0.935. The van der Waals surface area contributed by atoms with Crippen LogP contribution in [0.1, 0.15) is 32.4 Å². The SMILES string of the molecule is CC.CNCC(=O)N1CCC(N2CCn3nccc3C2)CC1. The van der Waals surface area contributed by atoms with Crippen LogP contribution >= 0.6 is 0 Å². The van der Waals surface area contributed by atoms with E-state index >= 15 is 0 Å². The van der Waals surface area contributed by atoms with Crippen LogP contribution in [0, 0.1) is 0 Å². The lowest BCUT2D eigenvalue weighted by atomic mass is 10.0. The number of fused-ring (bicyclic) bond motifs is 1. The highest BCUT2D eigenvalue weighted by atomic mass is 16.2. The van der Waals surface area contributed by atoms with Crippen molar-refractivity contribution in [2.75, 3.05) is 33.2 Å². The third-order valence-electron chi connectivity index (χ3n) is 4.43. The predicted molar refractivity (Wildman–Crippen MR) is 87.5 cm³/mol. The molecule has 0 spiro atoms. The Balaban J connectivity index is 0.000000847. The van der Waals surface area contributed by atoms with E-state index in [4.69, 9.17) is 0 Å². The molecule has 1 aromatic rings. The van der Waals surface area contributed by atoms with Crippen molar-refractivity contribution in [2.45, 2.75) is 45.8 Å². The van der Waals surface area contributed by atoms with Crippen LogP contribution in [-0.4, -0.2) is 64.8 Å². The van der Waals surface area contributed by atoms with Crippen LogP contribution < -0.4 is 5.32 Å². The molecule has 2 aliphatic heterocycles. The van der Waals surface area contributed by atoms with E-state index in [1.54, 1.807) is 0 Å². The van der Waals surface area contributed by atoms with Gasteiger partial charge in [-0.1, -0.05) is 13.8 Å². The molecule has 2 aliphatic rings. The quantitative estimate of drug-likeness (QED) is 0.903. The summed E-state index contributed by atoms with van der Waals surface area (Å²) in [5, 5.41) is 7.26. The minimum absolute atomic E-state index is 0.225. The molecule has 1 fully saturated rings. The molecule has 3 rings (SSSR count). The molecule has 6 heteroatoms. The number of likely N-dealkylation sites (N-methyl/N-ethyl adjacent to an activating group) is 1. The highest BCUT2D eigenvalue weighted by molar-refractivity contribution is 5.78. The summed E-state index contributed by atoms with van der Waals surface area (Å²) in [4.78, 5) is 16.4. The number of amides is 1. The zero-order valence-corrected chi connectivity index (χ0v) is 14.1. The Morgan fingerprint density at radius 3 is 2.68 bits per heavy atom. The van der Waals surface area contributed by atoms with E-state index in [0.717, 1.165) is 45.6 Å². The second-order valence-electron chi connectivity index (χ2n) is 5.66. The molecule has 0 aromatic carbocycles. The topological polar surface area (TPSA) is 53.4 Å². The first kappa shape index (κ1) is 17.0. The molecule has 6 nitrogen and oxygen atoms in total. The van der Waals surface area contributed by atoms with Gasteiger partial charge < -0.3 is 10.2 Å². The molecular weight excluding hydrogens is 278 g/mol. The number of carbonyl (C=O) groups excluding carboxylic acids is 1. The van der Waals surface area contributed by atoms with Gasteiger partial charge in [-0.25, -0.2) is 0 Å². The van der Waals surface area contributed by atoms with Crippen molar-refractivity contribution in [1.29, 1.82) is 0 Å². The average Bonchev–Trinajstić information content (AvgIpc) is 3.04. The Morgan fingerprint density at radius 1 is 1.27 bits per heavy atom. The number of carbonyl (C=O) groups is 1. The second kappa shape index (κ2) is 8.29. The Labute approximate surface area is 133 Å². The van der Waals surface area contributed by atoms with Gasteiger partial charge in [-0.05, 0) is 26.0 Å². The fourth-order valence-corrected chi connectivity index (χ4v) is 3.26. The summed E-state index contributed by atoms with van der Waals surface area (Å²) < 4.78 is 2.10. The van der Waals surface area contributed by atoms with Crippen molar-refractivity contribution in [3.63, 3.8) is 0 Å². The van der Waals surface area contributed by atoms with Crippen molar-refractivity contribution < 1.29 is 4.79 Å². The van der Waals surface area contributed by atoms with Crippen molar-refractivity contribution in [3.05, 3.63) is 18.0 Å². The van der Waals surface area contributed by atoms with Gasteiger partial charge in [0.15, 0.2) is 0 Å². The summed E-state index contributed by atoms with van der Waals surface area (Å²) in [6.07, 6.45) is 4.06. The summed E-state index contributed by atoms with van der Waals surface area (Å²) in [5.74, 6) is 0.225. The largest absolute Gasteiger partial charge is 0.341 e. The fourth-order valence-electron chi connectivity index (χ4n) is 3.26. The van der Waals surface area contributed by atoms with Crippen LogP contribution in [0.4, 0.5) is 0 Å². The minimum atomic E-state index is 0.225. The van der Waals surface area contributed by atoms with Gasteiger partial charge in [-0.15, -0.1) is 0 Å². The van der Waals surface area contributed by atoms with Crippen LogP contribution in [0.5, 0.6) is 0 Å². The van der Waals surface area contributed by atoms with E-state index in [-0.39, 0.29) is 5.91 Å². The Hall–Kier alpha value is -1.40. The summed E-state index contributed by atoms with van der Waals surface area (Å²) in [5.41, 5.74) is 1.31. The van der Waals surface area contributed by atoms with Gasteiger partial charge in [-0.2, -0.15) is 5.10 Å². The number of nitrogens with zero attached hydrogens (tertiary/aromatic N) is 4. The number of rotatable bonds is 3. The summed E-state index contributed by atoms with van der Waals surface area (Å²) >= 11 is 0. The number of nitrogens with one attached hydrogen (secondary N) is 1. The first-order chi connectivity index (χ1) is 10.8. The van der Waals surface area contributed by atoms with E-state index in [0.29, 0.717) is 12.6 Å². The normalized spacial score (nSPS) is 19.3. The van der Waals surface area contributed by atoms with Gasteiger partial charge >= 0.3 is 0 Å². The highest BCUT2D eigenvalue weighted by Gasteiger charge is 2.28. The molecule has 0 bridgehead atoms. The molecule has 124 valence electrons. The molecule has 0 aliphatic carbocycles. The lowest BCUT2D eigenvalue weighted by molar-refractivity contribution is -0.131.